The van der Waals surface area contributed by atoms with E-state index in [4.69, 9.17) is 15.3 Å². The maximum atomic E-state index is 11.1. The number of carbonyl (C=O) groups excluding carboxylic acids is 1. The van der Waals surface area contributed by atoms with Gasteiger partial charge in [-0.15, -0.1) is 0 Å². The monoisotopic (exact) mass is 251 g/mol. The van der Waals surface area contributed by atoms with E-state index in [1.807, 2.05) is 36.2 Å². The third-order valence-electron chi connectivity index (χ3n) is 1.85. The Bertz CT molecular complexity index is 343. The highest BCUT2D eigenvalue weighted by atomic mass is 16.5. The molecule has 7 heteroatoms. The standard InChI is InChI=1S/C9H16N2O2.C2HN3/c1-3-6-13-9(12)7-11-5-4-10(2)8-11;3-1-5-2-4/h4-5H,3,6-8H2,1-2H3;5H. The van der Waals surface area contributed by atoms with Gasteiger partial charge in [0.05, 0.1) is 13.3 Å². The summed E-state index contributed by atoms with van der Waals surface area (Å²) in [5.74, 6) is -0.151. The highest BCUT2D eigenvalue weighted by Gasteiger charge is 2.12. The molecule has 1 N–H and O–H groups in total. The smallest absolute Gasteiger partial charge is 0.325 e. The molecule has 0 aromatic heterocycles. The van der Waals surface area contributed by atoms with Crippen molar-refractivity contribution >= 4 is 5.97 Å². The predicted octanol–water partition coefficient (Wildman–Crippen LogP) is 0.154. The summed E-state index contributed by atoms with van der Waals surface area (Å²) >= 11 is 0. The van der Waals surface area contributed by atoms with Crippen molar-refractivity contribution in [1.29, 1.82) is 10.5 Å². The number of nitrogens with one attached hydrogen (secondary N) is 1. The molecule has 18 heavy (non-hydrogen) atoms. The number of nitriles is 2. The van der Waals surface area contributed by atoms with Gasteiger partial charge in [0.1, 0.15) is 6.54 Å². The lowest BCUT2D eigenvalue weighted by atomic mass is 10.5. The molecule has 1 heterocycles. The topological polar surface area (TPSA) is 92.4 Å². The molecule has 0 saturated carbocycles. The summed E-state index contributed by atoms with van der Waals surface area (Å²) in [5.41, 5.74) is 0. The van der Waals surface area contributed by atoms with Crippen LogP contribution in [0.3, 0.4) is 0 Å². The van der Waals surface area contributed by atoms with E-state index < -0.39 is 0 Å². The second-order valence-corrected chi connectivity index (χ2v) is 3.51. The molecule has 0 aromatic carbocycles. The van der Waals surface area contributed by atoms with Gasteiger partial charge in [-0.3, -0.25) is 4.79 Å². The van der Waals surface area contributed by atoms with Crippen LogP contribution in [-0.4, -0.2) is 42.6 Å². The minimum Gasteiger partial charge on any atom is -0.464 e. The molecule has 0 saturated heterocycles. The zero-order valence-electron chi connectivity index (χ0n) is 10.6. The zero-order valence-corrected chi connectivity index (χ0v) is 10.6. The quantitative estimate of drug-likeness (QED) is 0.432. The van der Waals surface area contributed by atoms with Gasteiger partial charge in [0.25, 0.3) is 0 Å². The van der Waals surface area contributed by atoms with E-state index in [1.54, 1.807) is 5.32 Å². The molecule has 1 aliphatic heterocycles. The van der Waals surface area contributed by atoms with Crippen molar-refractivity contribution in [1.82, 2.24) is 15.1 Å². The van der Waals surface area contributed by atoms with Crippen molar-refractivity contribution in [2.45, 2.75) is 13.3 Å². The van der Waals surface area contributed by atoms with Crippen LogP contribution in [0.5, 0.6) is 0 Å². The van der Waals surface area contributed by atoms with E-state index >= 15 is 0 Å². The maximum absolute atomic E-state index is 11.1. The summed E-state index contributed by atoms with van der Waals surface area (Å²) < 4.78 is 4.96. The van der Waals surface area contributed by atoms with Gasteiger partial charge in [0.15, 0.2) is 12.4 Å². The van der Waals surface area contributed by atoms with E-state index in [1.165, 1.54) is 12.4 Å². The summed E-state index contributed by atoms with van der Waals surface area (Å²) in [6.45, 7) is 3.62. The van der Waals surface area contributed by atoms with Gasteiger partial charge < -0.3 is 14.5 Å². The Hall–Kier alpha value is -2.41. The van der Waals surface area contributed by atoms with Gasteiger partial charge in [0.2, 0.25) is 0 Å². The summed E-state index contributed by atoms with van der Waals surface area (Å²) in [6, 6.07) is 0. The summed E-state index contributed by atoms with van der Waals surface area (Å²) in [6.07, 6.45) is 7.52. The Kier molecular flexibility index (Phi) is 8.48. The molecule has 1 rings (SSSR count). The van der Waals surface area contributed by atoms with Crippen molar-refractivity contribution in [3.8, 4) is 12.4 Å². The molecule has 0 radical (unpaired) electrons. The van der Waals surface area contributed by atoms with Gasteiger partial charge in [-0.2, -0.15) is 10.5 Å². The van der Waals surface area contributed by atoms with Crippen LogP contribution in [0.15, 0.2) is 12.4 Å². The number of rotatable bonds is 4. The number of nitrogens with zero attached hydrogens (tertiary/aromatic N) is 4. The lowest BCUT2D eigenvalue weighted by Gasteiger charge is -2.16. The molecule has 1 aliphatic rings. The number of carbonyl (C=O) groups is 1. The molecule has 0 atom stereocenters. The molecule has 0 unspecified atom stereocenters. The van der Waals surface area contributed by atoms with Crippen molar-refractivity contribution in [3.63, 3.8) is 0 Å². The fourth-order valence-corrected chi connectivity index (χ4v) is 1.14. The van der Waals surface area contributed by atoms with Gasteiger partial charge in [-0.1, -0.05) is 6.92 Å². The molecular formula is C11H17N5O2. The number of ether oxygens (including phenoxy) is 1. The first-order chi connectivity index (χ1) is 8.63. The maximum Gasteiger partial charge on any atom is 0.325 e. The van der Waals surface area contributed by atoms with E-state index in [0.717, 1.165) is 13.1 Å². The summed E-state index contributed by atoms with van der Waals surface area (Å²) in [4.78, 5) is 15.1. The van der Waals surface area contributed by atoms with E-state index in [0.29, 0.717) is 13.2 Å². The Morgan fingerprint density at radius 3 is 2.50 bits per heavy atom. The van der Waals surface area contributed by atoms with E-state index in [-0.39, 0.29) is 5.97 Å². The molecule has 0 bridgehead atoms. The van der Waals surface area contributed by atoms with Gasteiger partial charge >= 0.3 is 5.97 Å². The van der Waals surface area contributed by atoms with E-state index in [2.05, 4.69) is 0 Å². The second kappa shape index (κ2) is 9.79. The van der Waals surface area contributed by atoms with Crippen LogP contribution < -0.4 is 5.32 Å². The number of hydrogen-bond donors (Lipinski definition) is 1. The normalized spacial score (nSPS) is 12.0. The first kappa shape index (κ1) is 15.6. The summed E-state index contributed by atoms with van der Waals surface area (Å²) in [5, 5.41) is 16.7. The van der Waals surface area contributed by atoms with Crippen molar-refractivity contribution in [2.75, 3.05) is 26.9 Å². The van der Waals surface area contributed by atoms with Gasteiger partial charge in [-0.25, -0.2) is 5.32 Å². The average molecular weight is 251 g/mol. The fourth-order valence-electron chi connectivity index (χ4n) is 1.14. The number of hydrogen-bond acceptors (Lipinski definition) is 7. The van der Waals surface area contributed by atoms with Crippen molar-refractivity contribution in [3.05, 3.63) is 12.4 Å². The third-order valence-corrected chi connectivity index (χ3v) is 1.85. The highest BCUT2D eigenvalue weighted by Crippen LogP contribution is 2.02. The Morgan fingerprint density at radius 2 is 2.11 bits per heavy atom. The van der Waals surface area contributed by atoms with E-state index in [9.17, 15) is 4.79 Å². The summed E-state index contributed by atoms with van der Waals surface area (Å²) in [7, 11) is 1.97. The van der Waals surface area contributed by atoms with Crippen LogP contribution in [0.25, 0.3) is 0 Å². The highest BCUT2D eigenvalue weighted by molar-refractivity contribution is 5.71. The molecule has 0 fully saturated rings. The average Bonchev–Trinajstić information content (AvgIpc) is 2.74. The van der Waals surface area contributed by atoms with Crippen LogP contribution in [-0.2, 0) is 9.53 Å². The Labute approximate surface area is 107 Å². The van der Waals surface area contributed by atoms with Crippen LogP contribution >= 0.6 is 0 Å². The van der Waals surface area contributed by atoms with Crippen LogP contribution in [0.2, 0.25) is 0 Å². The third kappa shape index (κ3) is 7.83. The first-order valence-electron chi connectivity index (χ1n) is 5.45. The molecule has 0 spiro atoms. The molecule has 0 aliphatic carbocycles. The molecule has 7 nitrogen and oxygen atoms in total. The molecular weight excluding hydrogens is 234 g/mol. The van der Waals surface area contributed by atoms with Crippen molar-refractivity contribution in [2.24, 2.45) is 0 Å². The second-order valence-electron chi connectivity index (χ2n) is 3.51. The minimum atomic E-state index is -0.151. The molecule has 0 amide bonds. The van der Waals surface area contributed by atoms with Crippen LogP contribution in [0.4, 0.5) is 0 Å². The number of esters is 1. The van der Waals surface area contributed by atoms with Crippen LogP contribution in [0, 0.1) is 22.9 Å². The fraction of sp³-hybridized carbons (Fsp3) is 0.545. The SMILES string of the molecule is CCCOC(=O)CN1C=CN(C)C1.N#CNC#N. The molecule has 98 valence electrons. The lowest BCUT2D eigenvalue weighted by Crippen LogP contribution is -2.29. The molecule has 0 aromatic rings. The van der Waals surface area contributed by atoms with Crippen molar-refractivity contribution < 1.29 is 9.53 Å². The Morgan fingerprint density at radius 1 is 1.44 bits per heavy atom. The van der Waals surface area contributed by atoms with Gasteiger partial charge in [-0.05, 0) is 6.42 Å². The minimum absolute atomic E-state index is 0.151. The Balaban J connectivity index is 0.000000494. The zero-order chi connectivity index (χ0) is 13.8. The van der Waals surface area contributed by atoms with Gasteiger partial charge in [0, 0.05) is 19.4 Å². The predicted molar refractivity (Wildman–Crippen MR) is 64.1 cm³/mol. The lowest BCUT2D eigenvalue weighted by molar-refractivity contribution is -0.144. The first-order valence-corrected chi connectivity index (χ1v) is 5.45. The van der Waals surface area contributed by atoms with Crippen LogP contribution in [0.1, 0.15) is 13.3 Å². The largest absolute Gasteiger partial charge is 0.464 e.